The van der Waals surface area contributed by atoms with Crippen LogP contribution in [0.5, 0.6) is 0 Å². The van der Waals surface area contributed by atoms with E-state index in [-0.39, 0.29) is 11.9 Å². The molecule has 0 fully saturated rings. The summed E-state index contributed by atoms with van der Waals surface area (Å²) < 4.78 is 13.9. The molecule has 4 heteroatoms. The highest BCUT2D eigenvalue weighted by atomic mass is 32.1. The Balaban J connectivity index is 2.23. The Bertz CT molecular complexity index is 482. The van der Waals surface area contributed by atoms with Gasteiger partial charge in [0.25, 0.3) is 0 Å². The van der Waals surface area contributed by atoms with Crippen molar-refractivity contribution in [3.63, 3.8) is 0 Å². The number of benzene rings is 1. The molecule has 1 N–H and O–H groups in total. The lowest BCUT2D eigenvalue weighted by Gasteiger charge is -2.16. The summed E-state index contributed by atoms with van der Waals surface area (Å²) in [6.45, 7) is 1.89. The van der Waals surface area contributed by atoms with Gasteiger partial charge in [0.2, 0.25) is 0 Å². The van der Waals surface area contributed by atoms with Gasteiger partial charge in [-0.15, -0.1) is 11.3 Å². The third-order valence-corrected chi connectivity index (χ3v) is 3.57. The number of hydrogen-bond donors (Lipinski definition) is 1. The van der Waals surface area contributed by atoms with Gasteiger partial charge in [0.05, 0.1) is 5.51 Å². The average Bonchev–Trinajstić information content (AvgIpc) is 2.79. The highest BCUT2D eigenvalue weighted by Gasteiger charge is 2.15. The van der Waals surface area contributed by atoms with Crippen molar-refractivity contribution in [2.24, 2.45) is 0 Å². The highest BCUT2D eigenvalue weighted by molar-refractivity contribution is 7.09. The molecule has 2 aromatic rings. The minimum atomic E-state index is -0.145. The lowest BCUT2D eigenvalue weighted by atomic mass is 10.0. The molecule has 0 aliphatic rings. The monoisotopic (exact) mass is 250 g/mol. The molecule has 1 unspecified atom stereocenters. The Hall–Kier alpha value is -1.26. The number of halogens is 1. The largest absolute Gasteiger partial charge is 0.313 e. The zero-order valence-corrected chi connectivity index (χ0v) is 10.7. The molecule has 0 spiro atoms. The minimum Gasteiger partial charge on any atom is -0.313 e. The van der Waals surface area contributed by atoms with E-state index in [2.05, 4.69) is 10.3 Å². The van der Waals surface area contributed by atoms with Gasteiger partial charge in [0, 0.05) is 29.1 Å². The minimum absolute atomic E-state index is 0.00366. The maximum atomic E-state index is 13.9. The van der Waals surface area contributed by atoms with E-state index < -0.39 is 0 Å². The maximum Gasteiger partial charge on any atom is 0.128 e. The number of rotatable bonds is 4. The fraction of sp³-hybridized carbons (Fsp3) is 0.308. The van der Waals surface area contributed by atoms with Gasteiger partial charge in [-0.05, 0) is 25.6 Å². The fourth-order valence-corrected chi connectivity index (χ4v) is 2.47. The van der Waals surface area contributed by atoms with Gasteiger partial charge in [-0.25, -0.2) is 4.39 Å². The Morgan fingerprint density at radius 2 is 2.29 bits per heavy atom. The molecule has 2 rings (SSSR count). The second kappa shape index (κ2) is 5.38. The third-order valence-electron chi connectivity index (χ3n) is 2.77. The molecular formula is C13H15FN2S. The molecule has 17 heavy (non-hydrogen) atoms. The second-order valence-corrected chi connectivity index (χ2v) is 5.01. The van der Waals surface area contributed by atoms with Gasteiger partial charge in [-0.1, -0.05) is 12.1 Å². The van der Waals surface area contributed by atoms with Crippen LogP contribution in [0.15, 0.2) is 29.9 Å². The van der Waals surface area contributed by atoms with E-state index in [1.165, 1.54) is 0 Å². The van der Waals surface area contributed by atoms with E-state index in [0.717, 1.165) is 16.9 Å². The van der Waals surface area contributed by atoms with Gasteiger partial charge in [0.15, 0.2) is 0 Å². The van der Waals surface area contributed by atoms with E-state index in [9.17, 15) is 4.39 Å². The molecule has 0 aliphatic carbocycles. The topological polar surface area (TPSA) is 24.9 Å². The van der Waals surface area contributed by atoms with E-state index in [1.807, 2.05) is 32.3 Å². The molecule has 0 radical (unpaired) electrons. The van der Waals surface area contributed by atoms with Crippen molar-refractivity contribution in [2.45, 2.75) is 19.4 Å². The van der Waals surface area contributed by atoms with Crippen LogP contribution in [0.3, 0.4) is 0 Å². The summed E-state index contributed by atoms with van der Waals surface area (Å²) in [5, 5.41) is 3.16. The number of thiazole rings is 1. The Kier molecular flexibility index (Phi) is 3.86. The summed E-state index contributed by atoms with van der Waals surface area (Å²) in [5.74, 6) is -0.145. The Labute approximate surface area is 105 Å². The summed E-state index contributed by atoms with van der Waals surface area (Å²) in [7, 11) is 1.85. The van der Waals surface area contributed by atoms with Gasteiger partial charge >= 0.3 is 0 Å². The van der Waals surface area contributed by atoms with Gasteiger partial charge in [-0.3, -0.25) is 4.98 Å². The molecule has 0 aliphatic heterocycles. The fourth-order valence-electron chi connectivity index (χ4n) is 1.83. The van der Waals surface area contributed by atoms with Crippen molar-refractivity contribution in [1.82, 2.24) is 10.3 Å². The van der Waals surface area contributed by atoms with Crippen LogP contribution >= 0.6 is 11.3 Å². The summed E-state index contributed by atoms with van der Waals surface area (Å²) in [6.07, 6.45) is 2.60. The van der Waals surface area contributed by atoms with Crippen molar-refractivity contribution in [1.29, 1.82) is 0 Å². The van der Waals surface area contributed by atoms with E-state index in [4.69, 9.17) is 0 Å². The lowest BCUT2D eigenvalue weighted by Crippen LogP contribution is -2.19. The van der Waals surface area contributed by atoms with Crippen LogP contribution < -0.4 is 5.32 Å². The van der Waals surface area contributed by atoms with Crippen LogP contribution in [0, 0.1) is 12.7 Å². The molecular weight excluding hydrogens is 235 g/mol. The zero-order valence-electron chi connectivity index (χ0n) is 9.90. The summed E-state index contributed by atoms with van der Waals surface area (Å²) in [6, 6.07) is 5.37. The number of aryl methyl sites for hydroxylation is 1. The van der Waals surface area contributed by atoms with Crippen molar-refractivity contribution < 1.29 is 4.39 Å². The SMILES string of the molecule is CNC(Cc1cncs1)c1ccc(C)cc1F. The number of nitrogens with zero attached hydrogens (tertiary/aromatic N) is 1. The molecule has 0 saturated carbocycles. The molecule has 1 aromatic carbocycles. The molecule has 90 valence electrons. The van der Waals surface area contributed by atoms with E-state index in [1.54, 1.807) is 22.9 Å². The maximum absolute atomic E-state index is 13.9. The molecule has 2 nitrogen and oxygen atoms in total. The first-order valence-electron chi connectivity index (χ1n) is 5.51. The molecule has 0 amide bonds. The number of nitrogens with one attached hydrogen (secondary N) is 1. The van der Waals surface area contributed by atoms with Crippen molar-refractivity contribution in [3.8, 4) is 0 Å². The summed E-state index contributed by atoms with van der Waals surface area (Å²) >= 11 is 1.60. The zero-order chi connectivity index (χ0) is 12.3. The quantitative estimate of drug-likeness (QED) is 0.902. The normalized spacial score (nSPS) is 12.6. The van der Waals surface area contributed by atoms with Crippen molar-refractivity contribution in [2.75, 3.05) is 7.05 Å². The number of aromatic nitrogens is 1. The Morgan fingerprint density at radius 1 is 1.47 bits per heavy atom. The van der Waals surface area contributed by atoms with Crippen LogP contribution in [0.2, 0.25) is 0 Å². The van der Waals surface area contributed by atoms with E-state index >= 15 is 0 Å². The first-order valence-corrected chi connectivity index (χ1v) is 6.39. The number of likely N-dealkylation sites (N-methyl/N-ethyl adjacent to an activating group) is 1. The Morgan fingerprint density at radius 3 is 2.88 bits per heavy atom. The lowest BCUT2D eigenvalue weighted by molar-refractivity contribution is 0.535. The molecule has 1 heterocycles. The molecule has 0 saturated heterocycles. The smallest absolute Gasteiger partial charge is 0.128 e. The standard InChI is InChI=1S/C13H15FN2S/c1-9-3-4-11(12(14)5-9)13(15-2)6-10-7-16-8-17-10/h3-5,7-8,13,15H,6H2,1-2H3. The predicted molar refractivity (Wildman–Crippen MR) is 68.8 cm³/mol. The molecule has 1 atom stereocenters. The second-order valence-electron chi connectivity index (χ2n) is 4.04. The summed E-state index contributed by atoms with van der Waals surface area (Å²) in [4.78, 5) is 5.19. The van der Waals surface area contributed by atoms with E-state index in [0.29, 0.717) is 5.56 Å². The highest BCUT2D eigenvalue weighted by Crippen LogP contribution is 2.23. The first kappa shape index (κ1) is 12.2. The van der Waals surface area contributed by atoms with Gasteiger partial charge < -0.3 is 5.32 Å². The van der Waals surface area contributed by atoms with Gasteiger partial charge in [0.1, 0.15) is 5.82 Å². The van der Waals surface area contributed by atoms with Crippen molar-refractivity contribution >= 4 is 11.3 Å². The van der Waals surface area contributed by atoms with Crippen LogP contribution in [-0.2, 0) is 6.42 Å². The predicted octanol–water partition coefficient (Wildman–Crippen LogP) is 3.09. The first-order chi connectivity index (χ1) is 8.20. The summed E-state index contributed by atoms with van der Waals surface area (Å²) in [5.41, 5.74) is 3.46. The average molecular weight is 250 g/mol. The van der Waals surface area contributed by atoms with Crippen LogP contribution in [0.25, 0.3) is 0 Å². The van der Waals surface area contributed by atoms with Crippen molar-refractivity contribution in [3.05, 3.63) is 51.7 Å². The van der Waals surface area contributed by atoms with Crippen LogP contribution in [0.4, 0.5) is 4.39 Å². The molecule has 0 bridgehead atoms. The third kappa shape index (κ3) is 2.90. The van der Waals surface area contributed by atoms with Crippen LogP contribution in [0.1, 0.15) is 22.0 Å². The van der Waals surface area contributed by atoms with Crippen LogP contribution in [-0.4, -0.2) is 12.0 Å². The number of hydrogen-bond acceptors (Lipinski definition) is 3. The molecule has 1 aromatic heterocycles. The van der Waals surface area contributed by atoms with Gasteiger partial charge in [-0.2, -0.15) is 0 Å².